The van der Waals surface area contributed by atoms with Gasteiger partial charge in [-0.15, -0.1) is 29.3 Å². The van der Waals surface area contributed by atoms with Crippen molar-refractivity contribution in [1.82, 2.24) is 14.5 Å². The molecule has 0 radical (unpaired) electrons. The number of benzene rings is 8. The van der Waals surface area contributed by atoms with Gasteiger partial charge in [-0.25, -0.2) is 4.98 Å². The van der Waals surface area contributed by atoms with Gasteiger partial charge in [0.1, 0.15) is 11.6 Å². The summed E-state index contributed by atoms with van der Waals surface area (Å²) in [5, 5.41) is 15.1. The summed E-state index contributed by atoms with van der Waals surface area (Å²) in [5.74, 6) is 0.931. The fraction of sp³-hybridized carbons (Fsp3) is 0.188. The summed E-state index contributed by atoms with van der Waals surface area (Å²) < 4.78 is 2.25. The van der Waals surface area contributed by atoms with Gasteiger partial charge in [-0.3, -0.25) is 9.55 Å². The monoisotopic (exact) mass is 1080 g/mol. The largest absolute Gasteiger partial charge is 0.507 e. The summed E-state index contributed by atoms with van der Waals surface area (Å²) in [7, 11) is 0. The van der Waals surface area contributed by atoms with Crippen LogP contribution >= 0.6 is 0 Å². The van der Waals surface area contributed by atoms with Crippen LogP contribution in [0.1, 0.15) is 79.0 Å². The van der Waals surface area contributed by atoms with Crippen molar-refractivity contribution in [3.05, 3.63) is 193 Å². The van der Waals surface area contributed by atoms with Crippen LogP contribution in [0.15, 0.2) is 170 Å². The fourth-order valence-electron chi connectivity index (χ4n) is 10.1. The van der Waals surface area contributed by atoms with E-state index in [1.807, 2.05) is 6.20 Å². The summed E-state index contributed by atoms with van der Waals surface area (Å²) in [5.41, 5.74) is 19.2. The minimum atomic E-state index is -0.324. The maximum absolute atomic E-state index is 12.5. The molecule has 0 saturated carbocycles. The number of rotatable bonds is 6. The molecule has 0 amide bonds. The van der Waals surface area contributed by atoms with Gasteiger partial charge >= 0.3 is 0 Å². The molecule has 0 bridgehead atoms. The first-order chi connectivity index (χ1) is 32.5. The van der Waals surface area contributed by atoms with E-state index in [-0.39, 0.29) is 43.1 Å². The van der Waals surface area contributed by atoms with Gasteiger partial charge in [-0.1, -0.05) is 195 Å². The van der Waals surface area contributed by atoms with Crippen molar-refractivity contribution in [3.8, 4) is 89.7 Å². The second-order valence-electron chi connectivity index (χ2n) is 21.6. The standard InChI is InChI=1S/C64H56N3O.Pt/c1-62(2,3)45-33-43(32-44(34-45)55-36-42(30-31-65-55)41-28-29-49-50-24-15-20-40-21-16-25-51(58(40)50)52(49)35-41)48-23-17-27-57-59(48)66-61(53-37-46(63(4,5)6)38-54(60(53)68)64(7,8)9)67(57)56-26-14-13-22-47(56)39-18-11-10-12-19-39;/h10-31,33-38,68H,1-9H3;/q-1;. The van der Waals surface area contributed by atoms with Crippen molar-refractivity contribution in [2.45, 2.75) is 78.6 Å². The summed E-state index contributed by atoms with van der Waals surface area (Å²) in [6, 6.07) is 62.6. The minimum absolute atomic E-state index is 0. The van der Waals surface area contributed by atoms with Gasteiger partial charge in [-0.2, -0.15) is 0 Å². The Hall–Kier alpha value is -6.87. The molecule has 69 heavy (non-hydrogen) atoms. The number of aromatic nitrogens is 3. The van der Waals surface area contributed by atoms with Crippen molar-refractivity contribution in [2.75, 3.05) is 0 Å². The first kappa shape index (κ1) is 45.9. The number of hydrogen-bond donors (Lipinski definition) is 1. The minimum Gasteiger partial charge on any atom is -0.507 e. The second-order valence-corrected chi connectivity index (χ2v) is 21.6. The summed E-state index contributed by atoms with van der Waals surface area (Å²) in [4.78, 5) is 10.7. The molecule has 0 spiro atoms. The van der Waals surface area contributed by atoms with Crippen LogP contribution < -0.4 is 0 Å². The van der Waals surface area contributed by atoms with Crippen LogP contribution in [0.2, 0.25) is 0 Å². The summed E-state index contributed by atoms with van der Waals surface area (Å²) >= 11 is 0. The molecule has 1 aliphatic carbocycles. The Balaban J connectivity index is 0.00000553. The van der Waals surface area contributed by atoms with E-state index >= 15 is 0 Å². The summed E-state index contributed by atoms with van der Waals surface area (Å²) in [6.07, 6.45) is 1.92. The molecule has 0 atom stereocenters. The Kier molecular flexibility index (Phi) is 11.3. The van der Waals surface area contributed by atoms with Gasteiger partial charge in [0.2, 0.25) is 0 Å². The van der Waals surface area contributed by atoms with Crippen molar-refractivity contribution in [3.63, 3.8) is 0 Å². The van der Waals surface area contributed by atoms with Crippen molar-refractivity contribution in [2.24, 2.45) is 0 Å². The number of aromatic hydroxyl groups is 1. The van der Waals surface area contributed by atoms with Gasteiger partial charge < -0.3 is 5.11 Å². The summed E-state index contributed by atoms with van der Waals surface area (Å²) in [6.45, 7) is 19.9. The van der Waals surface area contributed by atoms with Crippen LogP contribution in [0.25, 0.3) is 106 Å². The predicted octanol–water partition coefficient (Wildman–Crippen LogP) is 17.0. The Morgan fingerprint density at radius 2 is 1.10 bits per heavy atom. The topological polar surface area (TPSA) is 50.9 Å². The predicted molar refractivity (Wildman–Crippen MR) is 285 cm³/mol. The van der Waals surface area contributed by atoms with E-state index in [0.717, 1.165) is 72.5 Å². The third kappa shape index (κ3) is 8.03. The van der Waals surface area contributed by atoms with E-state index < -0.39 is 0 Å². The van der Waals surface area contributed by atoms with Crippen LogP contribution in [-0.2, 0) is 37.3 Å². The number of imidazole rings is 1. The third-order valence-corrected chi connectivity index (χ3v) is 13.8. The van der Waals surface area contributed by atoms with Crippen LogP contribution in [0.3, 0.4) is 0 Å². The average molecular weight is 1080 g/mol. The van der Waals surface area contributed by atoms with Crippen LogP contribution in [0, 0.1) is 6.07 Å². The Labute approximate surface area is 421 Å². The maximum atomic E-state index is 12.5. The van der Waals surface area contributed by atoms with Gasteiger partial charge in [0.25, 0.3) is 0 Å². The Bertz CT molecular complexity index is 3630. The first-order valence-electron chi connectivity index (χ1n) is 23.8. The maximum Gasteiger partial charge on any atom is 0.148 e. The first-order valence-corrected chi connectivity index (χ1v) is 23.8. The smallest absolute Gasteiger partial charge is 0.148 e. The molecule has 1 N–H and O–H groups in total. The molecule has 0 unspecified atom stereocenters. The van der Waals surface area contributed by atoms with Crippen LogP contribution in [-0.4, -0.2) is 19.6 Å². The SMILES string of the molecule is CC(C)(C)c1cc(-c2cc(-c3ccc4c(c3)-c3cccc5cccc-4c35)ccn2)[c-]c(-c2cccc3c2nc(-c2cc(C(C)(C)C)cc(C(C)(C)C)c2O)n3-c2ccccc2-c2ccccc2)c1.[Pt]. The van der Waals surface area contributed by atoms with Gasteiger partial charge in [0, 0.05) is 44.1 Å². The fourth-order valence-corrected chi connectivity index (χ4v) is 10.1. The molecular weight excluding hydrogens is 1020 g/mol. The molecule has 4 nitrogen and oxygen atoms in total. The quantitative estimate of drug-likeness (QED) is 0.169. The molecule has 0 fully saturated rings. The number of nitrogens with zero attached hydrogens (tertiary/aromatic N) is 3. The van der Waals surface area contributed by atoms with E-state index in [4.69, 9.17) is 9.97 Å². The number of para-hydroxylation sites is 2. The van der Waals surface area contributed by atoms with E-state index in [0.29, 0.717) is 11.4 Å². The zero-order valence-corrected chi connectivity index (χ0v) is 43.0. The van der Waals surface area contributed by atoms with Gasteiger partial charge in [0.15, 0.2) is 0 Å². The molecule has 2 aromatic heterocycles. The van der Waals surface area contributed by atoms with Crippen LogP contribution in [0.5, 0.6) is 5.75 Å². The molecule has 8 aromatic carbocycles. The number of pyridine rings is 1. The van der Waals surface area contributed by atoms with E-state index in [1.165, 1.54) is 38.6 Å². The van der Waals surface area contributed by atoms with Crippen LogP contribution in [0.4, 0.5) is 0 Å². The van der Waals surface area contributed by atoms with E-state index in [1.54, 1.807) is 0 Å². The molecule has 1 aliphatic rings. The number of phenols is 1. The third-order valence-electron chi connectivity index (χ3n) is 13.8. The van der Waals surface area contributed by atoms with E-state index in [2.05, 4.69) is 237 Å². The Morgan fingerprint density at radius 3 is 1.83 bits per heavy atom. The molecule has 0 saturated heterocycles. The second kappa shape index (κ2) is 17.0. The Morgan fingerprint density at radius 1 is 0.478 bits per heavy atom. The van der Waals surface area contributed by atoms with Gasteiger partial charge in [-0.05, 0) is 102 Å². The van der Waals surface area contributed by atoms with E-state index in [9.17, 15) is 5.11 Å². The molecule has 2 heterocycles. The van der Waals surface area contributed by atoms with Gasteiger partial charge in [0.05, 0.1) is 22.3 Å². The molecule has 5 heteroatoms. The molecule has 0 aliphatic heterocycles. The average Bonchev–Trinajstić information content (AvgIpc) is 3.87. The number of phenolic OH excluding ortho intramolecular Hbond substituents is 1. The zero-order valence-electron chi connectivity index (χ0n) is 40.8. The molecule has 344 valence electrons. The van der Waals surface area contributed by atoms with Crippen molar-refractivity contribution >= 4 is 21.8 Å². The number of hydrogen-bond acceptors (Lipinski definition) is 3. The van der Waals surface area contributed by atoms with Crippen molar-refractivity contribution in [1.29, 1.82) is 0 Å². The van der Waals surface area contributed by atoms with Crippen molar-refractivity contribution < 1.29 is 26.2 Å². The molecule has 11 rings (SSSR count). The zero-order chi connectivity index (χ0) is 47.3. The number of fused-ring (bicyclic) bond motifs is 4. The molecular formula is C64H56N3OPt-. The molecule has 10 aromatic rings. The normalized spacial score (nSPS) is 12.4.